The Hall–Kier alpha value is -1.37. The third kappa shape index (κ3) is 4.80. The van der Waals surface area contributed by atoms with E-state index in [4.69, 9.17) is 16.3 Å². The van der Waals surface area contributed by atoms with Crippen molar-refractivity contribution in [2.45, 2.75) is 31.9 Å². The highest BCUT2D eigenvalue weighted by Crippen LogP contribution is 2.26. The van der Waals surface area contributed by atoms with E-state index >= 15 is 0 Å². The van der Waals surface area contributed by atoms with Gasteiger partial charge >= 0.3 is 6.03 Å². The van der Waals surface area contributed by atoms with E-state index in [0.29, 0.717) is 23.6 Å². The molecule has 7 heteroatoms. The Balaban J connectivity index is 2.00. The van der Waals surface area contributed by atoms with Gasteiger partial charge in [0, 0.05) is 23.6 Å². The van der Waals surface area contributed by atoms with Gasteiger partial charge in [0.15, 0.2) is 0 Å². The molecule has 2 rings (SSSR count). The quantitative estimate of drug-likeness (QED) is 0.769. The van der Waals surface area contributed by atoms with Crippen molar-refractivity contribution in [1.82, 2.24) is 10.6 Å². The normalized spacial score (nSPS) is 22.2. The number of hydrogen-bond acceptors (Lipinski definition) is 3. The maximum Gasteiger partial charge on any atom is 0.315 e. The fourth-order valence-corrected chi connectivity index (χ4v) is 2.69. The lowest BCUT2D eigenvalue weighted by Crippen LogP contribution is -2.48. The molecule has 1 heterocycles. The lowest BCUT2D eigenvalue weighted by atomic mass is 9.95. The molecule has 5 nitrogen and oxygen atoms in total. The number of nitrogens with one attached hydrogen (secondary N) is 2. The molecule has 1 aliphatic rings. The van der Waals surface area contributed by atoms with E-state index in [1.54, 1.807) is 12.1 Å². The fraction of sp³-hybridized carbons (Fsp3) is 0.562. The average Bonchev–Trinajstić information content (AvgIpc) is 2.90. The number of rotatable bonds is 5. The minimum atomic E-state index is -1.03. The predicted octanol–water partition coefficient (Wildman–Crippen LogP) is 2.63. The molecule has 2 atom stereocenters. The highest BCUT2D eigenvalue weighted by molar-refractivity contribution is 6.30. The molecule has 0 aliphatic carbocycles. The SMILES string of the molecule is CC(C)[C@H](NC(=O)NC[C@@]1(O)CCOC1)c1ccc(Cl)cc1F. The fourth-order valence-electron chi connectivity index (χ4n) is 2.53. The molecule has 0 saturated carbocycles. The minimum absolute atomic E-state index is 0.0191. The minimum Gasteiger partial charge on any atom is -0.386 e. The van der Waals surface area contributed by atoms with Crippen LogP contribution in [0.25, 0.3) is 0 Å². The van der Waals surface area contributed by atoms with Gasteiger partial charge < -0.3 is 20.5 Å². The van der Waals surface area contributed by atoms with Crippen LogP contribution in [0.5, 0.6) is 0 Å². The largest absolute Gasteiger partial charge is 0.386 e. The summed E-state index contributed by atoms with van der Waals surface area (Å²) >= 11 is 5.77. The zero-order valence-electron chi connectivity index (χ0n) is 13.2. The Bertz CT molecular complexity index is 562. The van der Waals surface area contributed by atoms with E-state index in [2.05, 4.69) is 10.6 Å². The molecule has 0 aromatic heterocycles. The Morgan fingerprint density at radius 1 is 1.52 bits per heavy atom. The zero-order chi connectivity index (χ0) is 17.0. The standard InChI is InChI=1S/C16H22ClFN2O3/c1-10(2)14(12-4-3-11(17)7-13(12)18)20-15(21)19-8-16(22)5-6-23-9-16/h3-4,7,10,14,22H,5-6,8-9H2,1-2H3,(H2,19,20,21)/t14-,16-/m0/s1. The monoisotopic (exact) mass is 344 g/mol. The number of halogens is 2. The van der Waals surface area contributed by atoms with Gasteiger partial charge in [0.05, 0.1) is 19.2 Å². The van der Waals surface area contributed by atoms with Gasteiger partial charge in [-0.2, -0.15) is 0 Å². The molecule has 0 radical (unpaired) electrons. The van der Waals surface area contributed by atoms with Crippen molar-refractivity contribution < 1.29 is 19.0 Å². The van der Waals surface area contributed by atoms with Crippen LogP contribution in [0, 0.1) is 11.7 Å². The summed E-state index contributed by atoms with van der Waals surface area (Å²) in [6, 6.07) is 3.43. The molecule has 3 N–H and O–H groups in total. The van der Waals surface area contributed by atoms with Crippen LogP contribution < -0.4 is 10.6 Å². The van der Waals surface area contributed by atoms with Gasteiger partial charge in [-0.15, -0.1) is 0 Å². The Morgan fingerprint density at radius 2 is 2.26 bits per heavy atom. The van der Waals surface area contributed by atoms with E-state index < -0.39 is 23.5 Å². The first kappa shape index (κ1) is 18.0. The number of aliphatic hydroxyl groups is 1. The van der Waals surface area contributed by atoms with Gasteiger partial charge in [0.2, 0.25) is 0 Å². The van der Waals surface area contributed by atoms with E-state index in [1.165, 1.54) is 6.07 Å². The number of carbonyl (C=O) groups is 1. The molecule has 2 amide bonds. The topological polar surface area (TPSA) is 70.6 Å². The van der Waals surface area contributed by atoms with Crippen LogP contribution in [0.2, 0.25) is 5.02 Å². The second-order valence-corrected chi connectivity index (χ2v) is 6.68. The number of amides is 2. The van der Waals surface area contributed by atoms with Crippen LogP contribution in [0.1, 0.15) is 31.9 Å². The second-order valence-electron chi connectivity index (χ2n) is 6.24. The van der Waals surface area contributed by atoms with Crippen molar-refractivity contribution in [3.63, 3.8) is 0 Å². The van der Waals surface area contributed by atoms with Gasteiger partial charge in [-0.1, -0.05) is 31.5 Å². The van der Waals surface area contributed by atoms with Gasteiger partial charge in [-0.05, 0) is 18.1 Å². The first-order valence-corrected chi connectivity index (χ1v) is 7.98. The molecule has 1 saturated heterocycles. The molecule has 128 valence electrons. The molecule has 1 aliphatic heterocycles. The summed E-state index contributed by atoms with van der Waals surface area (Å²) in [5.74, 6) is -0.478. The van der Waals surface area contributed by atoms with E-state index in [1.807, 2.05) is 13.8 Å². The van der Waals surface area contributed by atoms with E-state index in [9.17, 15) is 14.3 Å². The van der Waals surface area contributed by atoms with E-state index in [0.717, 1.165) is 0 Å². The van der Waals surface area contributed by atoms with Gasteiger partial charge in [0.1, 0.15) is 11.4 Å². The maximum absolute atomic E-state index is 14.1. The Labute approximate surface area is 140 Å². The van der Waals surface area contributed by atoms with Crippen molar-refractivity contribution in [2.24, 2.45) is 5.92 Å². The molecule has 0 spiro atoms. The van der Waals surface area contributed by atoms with Crippen molar-refractivity contribution in [3.05, 3.63) is 34.6 Å². The van der Waals surface area contributed by atoms with Crippen molar-refractivity contribution in [3.8, 4) is 0 Å². The van der Waals surface area contributed by atoms with Crippen LogP contribution in [0.4, 0.5) is 9.18 Å². The van der Waals surface area contributed by atoms with Crippen LogP contribution in [0.3, 0.4) is 0 Å². The van der Waals surface area contributed by atoms with Crippen LogP contribution in [-0.2, 0) is 4.74 Å². The number of ether oxygens (including phenoxy) is 1. The number of urea groups is 1. The number of hydrogen-bond donors (Lipinski definition) is 3. The molecular formula is C16H22ClFN2O3. The summed E-state index contributed by atoms with van der Waals surface area (Å²) in [4.78, 5) is 12.1. The highest BCUT2D eigenvalue weighted by atomic mass is 35.5. The Morgan fingerprint density at radius 3 is 2.83 bits per heavy atom. The smallest absolute Gasteiger partial charge is 0.315 e. The summed E-state index contributed by atoms with van der Waals surface area (Å²) in [5, 5.41) is 15.8. The van der Waals surface area contributed by atoms with E-state index in [-0.39, 0.29) is 19.1 Å². The summed E-state index contributed by atoms with van der Waals surface area (Å²) < 4.78 is 19.2. The first-order valence-electron chi connectivity index (χ1n) is 7.60. The molecule has 1 aromatic carbocycles. The van der Waals surface area contributed by atoms with Crippen LogP contribution >= 0.6 is 11.6 Å². The molecule has 23 heavy (non-hydrogen) atoms. The summed E-state index contributed by atoms with van der Waals surface area (Å²) in [6.07, 6.45) is 0.479. The van der Waals surface area contributed by atoms with Crippen LogP contribution in [-0.4, -0.2) is 36.5 Å². The summed E-state index contributed by atoms with van der Waals surface area (Å²) in [7, 11) is 0. The van der Waals surface area contributed by atoms with Crippen LogP contribution in [0.15, 0.2) is 18.2 Å². The van der Waals surface area contributed by atoms with Gasteiger partial charge in [0.25, 0.3) is 0 Å². The number of benzene rings is 1. The number of carbonyl (C=O) groups excluding carboxylic acids is 1. The highest BCUT2D eigenvalue weighted by Gasteiger charge is 2.33. The molecule has 1 fully saturated rings. The Kier molecular flexibility index (Phi) is 5.84. The van der Waals surface area contributed by atoms with Gasteiger partial charge in [-0.25, -0.2) is 9.18 Å². The molecule has 0 bridgehead atoms. The summed E-state index contributed by atoms with van der Waals surface area (Å²) in [5.41, 5.74) is -0.654. The van der Waals surface area contributed by atoms with Crippen molar-refractivity contribution >= 4 is 17.6 Å². The zero-order valence-corrected chi connectivity index (χ0v) is 14.0. The summed E-state index contributed by atoms with van der Waals surface area (Å²) in [6.45, 7) is 4.54. The lowest BCUT2D eigenvalue weighted by molar-refractivity contribution is 0.0290. The van der Waals surface area contributed by atoms with Crippen molar-refractivity contribution in [1.29, 1.82) is 0 Å². The first-order chi connectivity index (χ1) is 10.8. The lowest BCUT2D eigenvalue weighted by Gasteiger charge is -2.25. The molecule has 1 aromatic rings. The maximum atomic E-state index is 14.1. The molecule has 0 unspecified atom stereocenters. The van der Waals surface area contributed by atoms with Gasteiger partial charge in [-0.3, -0.25) is 0 Å². The predicted molar refractivity (Wildman–Crippen MR) is 85.9 cm³/mol. The molecular weight excluding hydrogens is 323 g/mol. The van der Waals surface area contributed by atoms with Crippen molar-refractivity contribution in [2.75, 3.05) is 19.8 Å². The second kappa shape index (κ2) is 7.47. The third-order valence-corrected chi connectivity index (χ3v) is 4.15. The third-order valence-electron chi connectivity index (χ3n) is 3.91. The average molecular weight is 345 g/mol.